The Hall–Kier alpha value is -3.87. The molecule has 0 saturated carbocycles. The quantitative estimate of drug-likeness (QED) is 0.529. The first-order valence-electron chi connectivity index (χ1n) is 8.95. The number of benzene rings is 2. The second-order valence-corrected chi connectivity index (χ2v) is 6.43. The minimum absolute atomic E-state index is 0.299. The minimum Gasteiger partial charge on any atom is -0.465 e. The van der Waals surface area contributed by atoms with Crippen molar-refractivity contribution in [3.63, 3.8) is 0 Å². The van der Waals surface area contributed by atoms with E-state index in [0.29, 0.717) is 16.7 Å². The van der Waals surface area contributed by atoms with E-state index in [1.54, 1.807) is 6.07 Å². The molecule has 2 amide bonds. The van der Waals surface area contributed by atoms with Crippen molar-refractivity contribution in [2.24, 2.45) is 0 Å². The molecule has 0 aliphatic carbocycles. The second-order valence-electron chi connectivity index (χ2n) is 6.43. The Morgan fingerprint density at radius 3 is 2.03 bits per heavy atom. The minimum atomic E-state index is -0.494. The number of hydrogen-bond acceptors (Lipinski definition) is 4. The smallest absolute Gasteiger partial charge is 0.337 e. The monoisotopic (exact) mass is 391 g/mol. The SMILES string of the molecule is COC(=O)c1ccc(C(=O)NNC(=O)c2cc(C)n(-c3ccccc3)c2C)cc1. The summed E-state index contributed by atoms with van der Waals surface area (Å²) in [5.41, 5.74) is 8.55. The number of esters is 1. The maximum absolute atomic E-state index is 12.6. The third-order valence-electron chi connectivity index (χ3n) is 4.55. The fourth-order valence-corrected chi connectivity index (χ4v) is 3.10. The molecule has 29 heavy (non-hydrogen) atoms. The van der Waals surface area contributed by atoms with Crippen LogP contribution in [0.3, 0.4) is 0 Å². The van der Waals surface area contributed by atoms with Crippen molar-refractivity contribution >= 4 is 17.8 Å². The van der Waals surface area contributed by atoms with Gasteiger partial charge in [-0.3, -0.25) is 20.4 Å². The Morgan fingerprint density at radius 1 is 0.828 bits per heavy atom. The molecule has 0 saturated heterocycles. The normalized spacial score (nSPS) is 10.3. The summed E-state index contributed by atoms with van der Waals surface area (Å²) in [5.74, 6) is -1.40. The van der Waals surface area contributed by atoms with Gasteiger partial charge in [-0.2, -0.15) is 0 Å². The fourth-order valence-electron chi connectivity index (χ4n) is 3.10. The van der Waals surface area contributed by atoms with Crippen LogP contribution >= 0.6 is 0 Å². The number of nitrogens with zero attached hydrogens (tertiary/aromatic N) is 1. The van der Waals surface area contributed by atoms with Gasteiger partial charge >= 0.3 is 5.97 Å². The van der Waals surface area contributed by atoms with Crippen LogP contribution in [0.15, 0.2) is 60.7 Å². The average Bonchev–Trinajstić information content (AvgIpc) is 3.05. The Morgan fingerprint density at radius 2 is 1.41 bits per heavy atom. The molecule has 0 radical (unpaired) electrons. The summed E-state index contributed by atoms with van der Waals surface area (Å²) in [6.07, 6.45) is 0. The van der Waals surface area contributed by atoms with Crippen LogP contribution in [0.2, 0.25) is 0 Å². The maximum atomic E-state index is 12.6. The van der Waals surface area contributed by atoms with Crippen molar-refractivity contribution in [3.05, 3.63) is 88.7 Å². The standard InChI is InChI=1S/C22H21N3O4/c1-14-13-19(15(2)25(14)18-7-5-4-6-8-18)21(27)24-23-20(26)16-9-11-17(12-10-16)22(28)29-3/h4-13H,1-3H3,(H,23,26)(H,24,27). The summed E-state index contributed by atoms with van der Waals surface area (Å²) in [7, 11) is 1.28. The van der Waals surface area contributed by atoms with Crippen LogP contribution in [0.4, 0.5) is 0 Å². The molecule has 0 aliphatic rings. The lowest BCUT2D eigenvalue weighted by Crippen LogP contribution is -2.41. The predicted octanol–water partition coefficient (Wildman–Crippen LogP) is 2.96. The Balaban J connectivity index is 1.70. The van der Waals surface area contributed by atoms with Gasteiger partial charge in [0, 0.05) is 22.6 Å². The summed E-state index contributed by atoms with van der Waals surface area (Å²) in [4.78, 5) is 36.3. The van der Waals surface area contributed by atoms with Crippen molar-refractivity contribution < 1.29 is 19.1 Å². The van der Waals surface area contributed by atoms with Crippen LogP contribution in [0.5, 0.6) is 0 Å². The molecule has 1 heterocycles. The van der Waals surface area contributed by atoms with Gasteiger partial charge in [-0.1, -0.05) is 18.2 Å². The molecule has 2 N–H and O–H groups in total. The molecule has 3 rings (SSSR count). The number of amides is 2. The Bertz CT molecular complexity index is 1050. The van der Waals surface area contributed by atoms with Gasteiger partial charge in [0.1, 0.15) is 0 Å². The lowest BCUT2D eigenvalue weighted by Gasteiger charge is -2.10. The van der Waals surface area contributed by atoms with Crippen molar-refractivity contribution in [2.75, 3.05) is 7.11 Å². The highest BCUT2D eigenvalue weighted by atomic mass is 16.5. The highest BCUT2D eigenvalue weighted by Gasteiger charge is 2.17. The van der Waals surface area contributed by atoms with E-state index in [1.807, 2.05) is 48.7 Å². The van der Waals surface area contributed by atoms with Crippen LogP contribution in [0.1, 0.15) is 42.5 Å². The fraction of sp³-hybridized carbons (Fsp3) is 0.136. The van der Waals surface area contributed by atoms with Crippen LogP contribution in [0.25, 0.3) is 5.69 Å². The Labute approximate surface area is 168 Å². The number of hydrazine groups is 1. The van der Waals surface area contributed by atoms with E-state index in [9.17, 15) is 14.4 Å². The van der Waals surface area contributed by atoms with Crippen LogP contribution in [-0.2, 0) is 4.74 Å². The molecular weight excluding hydrogens is 370 g/mol. The van der Waals surface area contributed by atoms with Crippen molar-refractivity contribution in [1.29, 1.82) is 0 Å². The van der Waals surface area contributed by atoms with E-state index in [-0.39, 0.29) is 0 Å². The third-order valence-corrected chi connectivity index (χ3v) is 4.55. The number of aryl methyl sites for hydroxylation is 1. The lowest BCUT2D eigenvalue weighted by atomic mass is 10.1. The molecule has 0 fully saturated rings. The van der Waals surface area contributed by atoms with Crippen molar-refractivity contribution in [1.82, 2.24) is 15.4 Å². The number of aromatic nitrogens is 1. The van der Waals surface area contributed by atoms with Gasteiger partial charge in [-0.15, -0.1) is 0 Å². The molecule has 7 nitrogen and oxygen atoms in total. The molecular formula is C22H21N3O4. The van der Waals surface area contributed by atoms with E-state index in [1.165, 1.54) is 31.4 Å². The van der Waals surface area contributed by atoms with E-state index in [4.69, 9.17) is 0 Å². The molecule has 0 atom stereocenters. The first-order chi connectivity index (χ1) is 13.9. The van der Waals surface area contributed by atoms with Gasteiger partial charge in [0.05, 0.1) is 18.2 Å². The number of rotatable bonds is 4. The zero-order valence-corrected chi connectivity index (χ0v) is 16.4. The summed E-state index contributed by atoms with van der Waals surface area (Å²) in [6, 6.07) is 17.4. The van der Waals surface area contributed by atoms with Gasteiger partial charge in [-0.05, 0) is 56.3 Å². The molecule has 0 unspecified atom stereocenters. The first-order valence-corrected chi connectivity index (χ1v) is 8.95. The third kappa shape index (κ3) is 4.19. The zero-order chi connectivity index (χ0) is 21.0. The number of nitrogens with one attached hydrogen (secondary N) is 2. The summed E-state index contributed by atoms with van der Waals surface area (Å²) in [5, 5.41) is 0. The lowest BCUT2D eigenvalue weighted by molar-refractivity contribution is 0.0600. The van der Waals surface area contributed by atoms with Crippen LogP contribution in [0, 0.1) is 13.8 Å². The topological polar surface area (TPSA) is 89.4 Å². The summed E-state index contributed by atoms with van der Waals surface area (Å²) >= 11 is 0. The molecule has 0 bridgehead atoms. The highest BCUT2D eigenvalue weighted by Crippen LogP contribution is 2.20. The maximum Gasteiger partial charge on any atom is 0.337 e. The van der Waals surface area contributed by atoms with Crippen LogP contribution < -0.4 is 10.9 Å². The molecule has 148 valence electrons. The molecule has 0 aliphatic heterocycles. The van der Waals surface area contributed by atoms with E-state index < -0.39 is 17.8 Å². The second kappa shape index (κ2) is 8.43. The molecule has 2 aromatic carbocycles. The number of hydrogen-bond donors (Lipinski definition) is 2. The number of para-hydroxylation sites is 1. The van der Waals surface area contributed by atoms with Gasteiger partial charge in [0.25, 0.3) is 11.8 Å². The van der Waals surface area contributed by atoms with Gasteiger partial charge in [0.2, 0.25) is 0 Å². The Kier molecular flexibility index (Phi) is 5.78. The van der Waals surface area contributed by atoms with E-state index >= 15 is 0 Å². The summed E-state index contributed by atoms with van der Waals surface area (Å²) in [6.45, 7) is 3.76. The van der Waals surface area contributed by atoms with Gasteiger partial charge < -0.3 is 9.30 Å². The van der Waals surface area contributed by atoms with E-state index in [2.05, 4.69) is 15.6 Å². The number of ether oxygens (including phenoxy) is 1. The molecule has 7 heteroatoms. The number of methoxy groups -OCH3 is 1. The number of carbonyl (C=O) groups excluding carboxylic acids is 3. The zero-order valence-electron chi connectivity index (χ0n) is 16.4. The highest BCUT2D eigenvalue weighted by molar-refractivity contribution is 6.00. The van der Waals surface area contributed by atoms with Crippen LogP contribution in [-0.4, -0.2) is 29.5 Å². The van der Waals surface area contributed by atoms with Crippen molar-refractivity contribution in [3.8, 4) is 5.69 Å². The average molecular weight is 391 g/mol. The first kappa shape index (κ1) is 19.9. The summed E-state index contributed by atoms with van der Waals surface area (Å²) < 4.78 is 6.60. The largest absolute Gasteiger partial charge is 0.465 e. The molecule has 1 aromatic heterocycles. The molecule has 0 spiro atoms. The van der Waals surface area contributed by atoms with Gasteiger partial charge in [0.15, 0.2) is 0 Å². The molecule has 3 aromatic rings. The van der Waals surface area contributed by atoms with E-state index in [0.717, 1.165) is 17.1 Å². The van der Waals surface area contributed by atoms with Gasteiger partial charge in [-0.25, -0.2) is 4.79 Å². The predicted molar refractivity (Wildman–Crippen MR) is 108 cm³/mol. The number of carbonyl (C=O) groups is 3. The van der Waals surface area contributed by atoms with Crippen molar-refractivity contribution in [2.45, 2.75) is 13.8 Å².